The summed E-state index contributed by atoms with van der Waals surface area (Å²) in [6.45, 7) is 2.02. The summed E-state index contributed by atoms with van der Waals surface area (Å²) in [7, 11) is 0. The van der Waals surface area contributed by atoms with Crippen LogP contribution < -0.4 is 5.73 Å². The normalized spacial score (nSPS) is 23.1. The molecule has 88 valence electrons. The topological polar surface area (TPSA) is 26.0 Å². The van der Waals surface area contributed by atoms with E-state index >= 15 is 0 Å². The maximum atomic E-state index is 6.30. The maximum absolute atomic E-state index is 6.30. The van der Waals surface area contributed by atoms with E-state index in [1.54, 1.807) is 0 Å². The predicted molar refractivity (Wildman–Crippen MR) is 76.7 cm³/mol. The maximum Gasteiger partial charge on any atom is 0.0438 e. The molecule has 2 rings (SSSR count). The Kier molecular flexibility index (Phi) is 4.48. The zero-order chi connectivity index (χ0) is 11.5. The molecule has 1 saturated heterocycles. The van der Waals surface area contributed by atoms with E-state index in [2.05, 4.69) is 12.1 Å². The summed E-state index contributed by atoms with van der Waals surface area (Å²) < 4.78 is 0. The molecule has 0 aromatic heterocycles. The Balaban J connectivity index is 2.12. The molecule has 1 nitrogen and oxygen atoms in total. The molecule has 1 fully saturated rings. The van der Waals surface area contributed by atoms with Gasteiger partial charge in [0.1, 0.15) is 0 Å². The highest BCUT2D eigenvalue weighted by Gasteiger charge is 2.22. The van der Waals surface area contributed by atoms with E-state index in [9.17, 15) is 0 Å². The lowest BCUT2D eigenvalue weighted by atomic mass is 10.0. The van der Waals surface area contributed by atoms with Crippen LogP contribution in [0.25, 0.3) is 0 Å². The van der Waals surface area contributed by atoms with Crippen molar-refractivity contribution in [3.05, 3.63) is 34.3 Å². The standard InChI is InChI=1S/C12H16ClNS2/c1-8-2-3-9(6-10(8)13)12(14)11-7-15-4-5-16-11/h2-3,6,11-12H,4-5,7,14H2,1H3. The fourth-order valence-corrected chi connectivity index (χ4v) is 4.74. The third-order valence-corrected chi connectivity index (χ3v) is 6.12. The molecular formula is C12H16ClNS2. The van der Waals surface area contributed by atoms with Crippen LogP contribution in [0.1, 0.15) is 17.2 Å². The average Bonchev–Trinajstić information content (AvgIpc) is 2.33. The predicted octanol–water partition coefficient (Wildman–Crippen LogP) is 3.50. The van der Waals surface area contributed by atoms with E-state index in [4.69, 9.17) is 17.3 Å². The van der Waals surface area contributed by atoms with Gasteiger partial charge in [-0.25, -0.2) is 0 Å². The lowest BCUT2D eigenvalue weighted by Gasteiger charge is -2.27. The van der Waals surface area contributed by atoms with Gasteiger partial charge in [0.05, 0.1) is 0 Å². The molecule has 0 bridgehead atoms. The average molecular weight is 274 g/mol. The summed E-state index contributed by atoms with van der Waals surface area (Å²) in [5.41, 5.74) is 8.57. The Labute approximate surface area is 111 Å². The summed E-state index contributed by atoms with van der Waals surface area (Å²) in [4.78, 5) is 0. The lowest BCUT2D eigenvalue weighted by molar-refractivity contribution is 0.719. The molecule has 4 heteroatoms. The van der Waals surface area contributed by atoms with E-state index in [0.717, 1.165) is 21.9 Å². The molecule has 0 amide bonds. The van der Waals surface area contributed by atoms with Crippen LogP contribution in [0.2, 0.25) is 5.02 Å². The van der Waals surface area contributed by atoms with Gasteiger partial charge in [0, 0.05) is 33.6 Å². The number of hydrogen-bond acceptors (Lipinski definition) is 3. The van der Waals surface area contributed by atoms with Crippen molar-refractivity contribution < 1.29 is 0 Å². The first-order valence-corrected chi connectivity index (χ1v) is 7.97. The van der Waals surface area contributed by atoms with Crippen LogP contribution in [-0.4, -0.2) is 22.5 Å². The second-order valence-corrected chi connectivity index (χ2v) is 6.92. The van der Waals surface area contributed by atoms with Crippen LogP contribution in [0.4, 0.5) is 0 Å². The largest absolute Gasteiger partial charge is 0.323 e. The van der Waals surface area contributed by atoms with Gasteiger partial charge in [0.2, 0.25) is 0 Å². The van der Waals surface area contributed by atoms with Crippen molar-refractivity contribution in [1.29, 1.82) is 0 Å². The van der Waals surface area contributed by atoms with Gasteiger partial charge in [-0.2, -0.15) is 23.5 Å². The first kappa shape index (κ1) is 12.6. The SMILES string of the molecule is Cc1ccc(C(N)C2CSCCS2)cc1Cl. The van der Waals surface area contributed by atoms with Crippen molar-refractivity contribution >= 4 is 35.1 Å². The number of halogens is 1. The molecule has 0 spiro atoms. The first-order chi connectivity index (χ1) is 7.68. The van der Waals surface area contributed by atoms with E-state index in [0.29, 0.717) is 5.25 Å². The molecule has 0 radical (unpaired) electrons. The minimum atomic E-state index is 0.107. The molecule has 1 aromatic rings. The Morgan fingerprint density at radius 3 is 2.88 bits per heavy atom. The third kappa shape index (κ3) is 2.89. The molecule has 1 aliphatic rings. The lowest BCUT2D eigenvalue weighted by Crippen LogP contribution is -2.28. The number of aryl methyl sites for hydroxylation is 1. The van der Waals surface area contributed by atoms with Crippen LogP contribution >= 0.6 is 35.1 Å². The highest BCUT2D eigenvalue weighted by molar-refractivity contribution is 8.06. The van der Waals surface area contributed by atoms with E-state index in [-0.39, 0.29) is 6.04 Å². The molecule has 2 N–H and O–H groups in total. The van der Waals surface area contributed by atoms with E-state index in [1.807, 2.05) is 36.5 Å². The molecule has 1 aromatic carbocycles. The van der Waals surface area contributed by atoms with Gasteiger partial charge >= 0.3 is 0 Å². The molecule has 0 aliphatic carbocycles. The summed E-state index contributed by atoms with van der Waals surface area (Å²) in [6.07, 6.45) is 0. The zero-order valence-corrected chi connectivity index (χ0v) is 11.7. The van der Waals surface area contributed by atoms with Crippen LogP contribution in [0.5, 0.6) is 0 Å². The smallest absolute Gasteiger partial charge is 0.0438 e. The molecule has 2 unspecified atom stereocenters. The van der Waals surface area contributed by atoms with Crippen molar-refractivity contribution in [2.45, 2.75) is 18.2 Å². The van der Waals surface area contributed by atoms with Gasteiger partial charge in [-0.05, 0) is 24.1 Å². The van der Waals surface area contributed by atoms with Crippen molar-refractivity contribution in [3.63, 3.8) is 0 Å². The first-order valence-electron chi connectivity index (χ1n) is 5.39. The third-order valence-electron chi connectivity index (χ3n) is 2.82. The van der Waals surface area contributed by atoms with Crippen LogP contribution in [0.15, 0.2) is 18.2 Å². The Hall–Kier alpha value is 0.170. The number of nitrogens with two attached hydrogens (primary N) is 1. The molecular weight excluding hydrogens is 258 g/mol. The minimum Gasteiger partial charge on any atom is -0.323 e. The van der Waals surface area contributed by atoms with E-state index in [1.165, 1.54) is 11.5 Å². The van der Waals surface area contributed by atoms with Gasteiger partial charge in [-0.1, -0.05) is 23.7 Å². The second-order valence-electron chi connectivity index (χ2n) is 4.02. The van der Waals surface area contributed by atoms with Gasteiger partial charge in [0.25, 0.3) is 0 Å². The van der Waals surface area contributed by atoms with E-state index < -0.39 is 0 Å². The van der Waals surface area contributed by atoms with Crippen LogP contribution in [0, 0.1) is 6.92 Å². The van der Waals surface area contributed by atoms with Crippen molar-refractivity contribution in [2.75, 3.05) is 17.3 Å². The monoisotopic (exact) mass is 273 g/mol. The second kappa shape index (κ2) is 5.67. The summed E-state index contributed by atoms with van der Waals surface area (Å²) >= 11 is 10.1. The van der Waals surface area contributed by atoms with Gasteiger partial charge in [-0.3, -0.25) is 0 Å². The zero-order valence-electron chi connectivity index (χ0n) is 9.28. The summed E-state index contributed by atoms with van der Waals surface area (Å²) in [6, 6.07) is 6.28. The number of rotatable bonds is 2. The number of hydrogen-bond donors (Lipinski definition) is 1. The Morgan fingerprint density at radius 1 is 1.44 bits per heavy atom. The van der Waals surface area contributed by atoms with Crippen LogP contribution in [0.3, 0.4) is 0 Å². The minimum absolute atomic E-state index is 0.107. The summed E-state index contributed by atoms with van der Waals surface area (Å²) in [5, 5.41) is 1.35. The fraction of sp³-hybridized carbons (Fsp3) is 0.500. The molecule has 16 heavy (non-hydrogen) atoms. The molecule has 1 heterocycles. The Morgan fingerprint density at radius 2 is 2.25 bits per heavy atom. The number of thioether (sulfide) groups is 2. The van der Waals surface area contributed by atoms with Gasteiger partial charge < -0.3 is 5.73 Å². The molecule has 1 aliphatic heterocycles. The quantitative estimate of drug-likeness (QED) is 0.893. The van der Waals surface area contributed by atoms with Crippen molar-refractivity contribution in [2.24, 2.45) is 5.73 Å². The van der Waals surface area contributed by atoms with Crippen LogP contribution in [-0.2, 0) is 0 Å². The van der Waals surface area contributed by atoms with Gasteiger partial charge in [-0.15, -0.1) is 0 Å². The fourth-order valence-electron chi connectivity index (χ4n) is 1.74. The van der Waals surface area contributed by atoms with Crippen molar-refractivity contribution in [3.8, 4) is 0 Å². The number of benzene rings is 1. The van der Waals surface area contributed by atoms with Gasteiger partial charge in [0.15, 0.2) is 0 Å². The summed E-state index contributed by atoms with van der Waals surface area (Å²) in [5.74, 6) is 3.61. The molecule has 2 atom stereocenters. The highest BCUT2D eigenvalue weighted by atomic mass is 35.5. The van der Waals surface area contributed by atoms with Crippen molar-refractivity contribution in [1.82, 2.24) is 0 Å². The molecule has 0 saturated carbocycles. The Bertz CT molecular complexity index is 364. The highest BCUT2D eigenvalue weighted by Crippen LogP contribution is 2.33.